The fourth-order valence-corrected chi connectivity index (χ4v) is 5.63. The van der Waals surface area contributed by atoms with Gasteiger partial charge in [0.05, 0.1) is 15.6 Å². The van der Waals surface area contributed by atoms with Gasteiger partial charge < -0.3 is 10.2 Å². The Morgan fingerprint density at radius 2 is 1.56 bits per heavy atom. The number of amides is 2. The number of halogens is 2. The number of benzene rings is 3. The maximum Gasteiger partial charge on any atom is 0.264 e. The summed E-state index contributed by atoms with van der Waals surface area (Å²) < 4.78 is 42.3. The molecule has 0 unspecified atom stereocenters. The zero-order valence-electron chi connectivity index (χ0n) is 22.2. The number of nitrogens with one attached hydrogen (secondary N) is 1. The largest absolute Gasteiger partial charge is 0.352 e. The Balaban J connectivity index is 2.06. The van der Waals surface area contributed by atoms with Crippen LogP contribution in [0.15, 0.2) is 83.8 Å². The van der Waals surface area contributed by atoms with Crippen LogP contribution < -0.4 is 9.62 Å². The lowest BCUT2D eigenvalue weighted by atomic mass is 10.1. The van der Waals surface area contributed by atoms with E-state index in [-0.39, 0.29) is 34.1 Å². The molecule has 2 atom stereocenters. The fraction of sp³-hybridized carbons (Fsp3) is 0.310. The lowest BCUT2D eigenvalue weighted by Crippen LogP contribution is -2.53. The molecule has 0 radical (unpaired) electrons. The molecule has 208 valence electrons. The van der Waals surface area contributed by atoms with Crippen LogP contribution in [0.2, 0.25) is 5.02 Å². The van der Waals surface area contributed by atoms with Gasteiger partial charge >= 0.3 is 0 Å². The van der Waals surface area contributed by atoms with Gasteiger partial charge in [-0.3, -0.25) is 13.9 Å². The van der Waals surface area contributed by atoms with Crippen molar-refractivity contribution in [2.24, 2.45) is 0 Å². The van der Waals surface area contributed by atoms with E-state index in [0.717, 1.165) is 15.9 Å². The Kier molecular flexibility index (Phi) is 10.5. The quantitative estimate of drug-likeness (QED) is 0.314. The SMILES string of the molecule is CC[C@H](C(=O)N[C@@H](C)CC)N(Cc1ccccc1)C(=O)CN(c1ccc(F)c(Cl)c1)S(=O)(=O)c1ccccc1. The molecular formula is C29H33ClFN3O4S. The first-order valence-corrected chi connectivity index (χ1v) is 14.6. The number of carbonyl (C=O) groups is 2. The second-order valence-electron chi connectivity index (χ2n) is 9.17. The first-order chi connectivity index (χ1) is 18.6. The van der Waals surface area contributed by atoms with Crippen molar-refractivity contribution in [1.82, 2.24) is 10.2 Å². The second-order valence-corrected chi connectivity index (χ2v) is 11.4. The summed E-state index contributed by atoms with van der Waals surface area (Å²) in [6, 6.07) is 19.3. The number of anilines is 1. The summed E-state index contributed by atoms with van der Waals surface area (Å²) in [4.78, 5) is 28.5. The van der Waals surface area contributed by atoms with E-state index < -0.39 is 34.3 Å². The Morgan fingerprint density at radius 3 is 2.13 bits per heavy atom. The predicted octanol–water partition coefficient (Wildman–Crippen LogP) is 5.40. The van der Waals surface area contributed by atoms with Crippen LogP contribution in [-0.2, 0) is 26.2 Å². The summed E-state index contributed by atoms with van der Waals surface area (Å²) in [6.45, 7) is 5.08. The Hall–Kier alpha value is -3.43. The highest BCUT2D eigenvalue weighted by molar-refractivity contribution is 7.92. The molecule has 0 heterocycles. The van der Waals surface area contributed by atoms with Crippen molar-refractivity contribution in [3.8, 4) is 0 Å². The number of hydrogen-bond donors (Lipinski definition) is 1. The van der Waals surface area contributed by atoms with Crippen LogP contribution >= 0.6 is 11.6 Å². The Morgan fingerprint density at radius 1 is 0.949 bits per heavy atom. The van der Waals surface area contributed by atoms with Gasteiger partial charge in [0.1, 0.15) is 18.4 Å². The average molecular weight is 574 g/mol. The average Bonchev–Trinajstić information content (AvgIpc) is 2.93. The highest BCUT2D eigenvalue weighted by Gasteiger charge is 2.34. The van der Waals surface area contributed by atoms with E-state index in [4.69, 9.17) is 11.6 Å². The zero-order chi connectivity index (χ0) is 28.6. The van der Waals surface area contributed by atoms with Crippen LogP contribution in [0.1, 0.15) is 39.2 Å². The van der Waals surface area contributed by atoms with Crippen molar-refractivity contribution in [3.63, 3.8) is 0 Å². The smallest absolute Gasteiger partial charge is 0.264 e. The van der Waals surface area contributed by atoms with Gasteiger partial charge in [0, 0.05) is 12.6 Å². The number of sulfonamides is 1. The van der Waals surface area contributed by atoms with Gasteiger partial charge in [-0.05, 0) is 55.7 Å². The highest BCUT2D eigenvalue weighted by Crippen LogP contribution is 2.28. The summed E-state index contributed by atoms with van der Waals surface area (Å²) in [6.07, 6.45) is 1.03. The van der Waals surface area contributed by atoms with Crippen molar-refractivity contribution in [2.45, 2.75) is 57.1 Å². The van der Waals surface area contributed by atoms with E-state index in [0.29, 0.717) is 12.8 Å². The van der Waals surface area contributed by atoms with Crippen LogP contribution in [0.4, 0.5) is 10.1 Å². The summed E-state index contributed by atoms with van der Waals surface area (Å²) in [5.41, 5.74) is 0.804. The topological polar surface area (TPSA) is 86.8 Å². The molecule has 0 saturated heterocycles. The van der Waals surface area contributed by atoms with Gasteiger partial charge in [0.2, 0.25) is 11.8 Å². The van der Waals surface area contributed by atoms with Crippen LogP contribution in [0, 0.1) is 5.82 Å². The third-order valence-electron chi connectivity index (χ3n) is 6.38. The van der Waals surface area contributed by atoms with Crippen molar-refractivity contribution in [3.05, 3.63) is 95.3 Å². The molecule has 0 aliphatic rings. The lowest BCUT2D eigenvalue weighted by molar-refractivity contribution is -0.140. The molecule has 2 amide bonds. The number of hydrogen-bond acceptors (Lipinski definition) is 4. The molecule has 0 aromatic heterocycles. The van der Waals surface area contributed by atoms with Crippen LogP contribution in [0.3, 0.4) is 0 Å². The van der Waals surface area contributed by atoms with Crippen LogP contribution in [-0.4, -0.2) is 43.8 Å². The Labute approximate surface area is 234 Å². The van der Waals surface area contributed by atoms with E-state index in [1.54, 1.807) is 25.1 Å². The van der Waals surface area contributed by atoms with Gasteiger partial charge in [-0.25, -0.2) is 12.8 Å². The third-order valence-corrected chi connectivity index (χ3v) is 8.46. The minimum absolute atomic E-state index is 0.0235. The molecule has 3 aromatic rings. The minimum Gasteiger partial charge on any atom is -0.352 e. The summed E-state index contributed by atoms with van der Waals surface area (Å²) in [7, 11) is -4.26. The first kappa shape index (κ1) is 30.1. The van der Waals surface area contributed by atoms with E-state index in [9.17, 15) is 22.4 Å². The molecule has 0 bridgehead atoms. The molecule has 3 rings (SSSR count). The maximum absolute atomic E-state index is 14.0. The molecule has 1 N–H and O–H groups in total. The highest BCUT2D eigenvalue weighted by atomic mass is 35.5. The molecule has 0 saturated carbocycles. The molecule has 0 aliphatic heterocycles. The normalized spacial score (nSPS) is 12.8. The van der Waals surface area contributed by atoms with Gasteiger partial charge in [-0.2, -0.15) is 0 Å². The van der Waals surface area contributed by atoms with Crippen LogP contribution in [0.25, 0.3) is 0 Å². The first-order valence-electron chi connectivity index (χ1n) is 12.7. The van der Waals surface area contributed by atoms with Gasteiger partial charge in [0.15, 0.2) is 0 Å². The molecule has 3 aromatic carbocycles. The molecule has 7 nitrogen and oxygen atoms in total. The van der Waals surface area contributed by atoms with Crippen molar-refractivity contribution in [2.75, 3.05) is 10.8 Å². The molecule has 39 heavy (non-hydrogen) atoms. The number of nitrogens with zero attached hydrogens (tertiary/aromatic N) is 2. The van der Waals surface area contributed by atoms with Crippen molar-refractivity contribution >= 4 is 39.1 Å². The van der Waals surface area contributed by atoms with Crippen molar-refractivity contribution in [1.29, 1.82) is 0 Å². The van der Waals surface area contributed by atoms with Gasteiger partial charge in [-0.15, -0.1) is 0 Å². The molecule has 0 spiro atoms. The Bertz CT molecular complexity index is 1370. The third kappa shape index (κ3) is 7.58. The summed E-state index contributed by atoms with van der Waals surface area (Å²) >= 11 is 5.99. The summed E-state index contributed by atoms with van der Waals surface area (Å²) in [5, 5.41) is 2.65. The minimum atomic E-state index is -4.26. The molecule has 0 aliphatic carbocycles. The summed E-state index contributed by atoms with van der Waals surface area (Å²) in [5.74, 6) is -1.63. The standard InChI is InChI=1S/C29H33ClFN3O4S/c1-4-21(3)32-29(36)27(5-2)33(19-22-12-8-6-9-13-22)28(35)20-34(23-16-17-26(31)25(30)18-23)39(37,38)24-14-10-7-11-15-24/h6-18,21,27H,4-5,19-20H2,1-3H3,(H,32,36)/t21-,27+/m0/s1. The predicted molar refractivity (Wildman–Crippen MR) is 151 cm³/mol. The van der Waals surface area contributed by atoms with E-state index in [1.165, 1.54) is 29.2 Å². The molecule has 0 fully saturated rings. The van der Waals surface area contributed by atoms with E-state index in [1.807, 2.05) is 44.2 Å². The van der Waals surface area contributed by atoms with E-state index in [2.05, 4.69) is 5.32 Å². The number of rotatable bonds is 12. The van der Waals surface area contributed by atoms with Gasteiger partial charge in [0.25, 0.3) is 10.0 Å². The molecular weight excluding hydrogens is 541 g/mol. The zero-order valence-corrected chi connectivity index (χ0v) is 23.8. The second kappa shape index (κ2) is 13.6. The maximum atomic E-state index is 14.0. The van der Waals surface area contributed by atoms with Crippen LogP contribution in [0.5, 0.6) is 0 Å². The van der Waals surface area contributed by atoms with Gasteiger partial charge in [-0.1, -0.05) is 74.0 Å². The van der Waals surface area contributed by atoms with E-state index >= 15 is 0 Å². The van der Waals surface area contributed by atoms with Crippen molar-refractivity contribution < 1.29 is 22.4 Å². The lowest BCUT2D eigenvalue weighted by Gasteiger charge is -2.33. The monoisotopic (exact) mass is 573 g/mol. The fourth-order valence-electron chi connectivity index (χ4n) is 4.03. The number of carbonyl (C=O) groups excluding carboxylic acids is 2. The molecule has 10 heteroatoms.